The molecule has 0 aromatic rings. The Morgan fingerprint density at radius 1 is 1.62 bits per heavy atom. The molecule has 2 atom stereocenters. The number of carbonyl (C=O) groups is 2. The van der Waals surface area contributed by atoms with Crippen molar-refractivity contribution in [3.63, 3.8) is 0 Å². The highest BCUT2D eigenvalue weighted by atomic mass is 16.6. The Bertz CT molecular complexity index is 351. The van der Waals surface area contributed by atoms with Crippen molar-refractivity contribution in [2.45, 2.75) is 18.7 Å². The predicted molar refractivity (Wildman–Crippen MR) is 52.1 cm³/mol. The molecule has 0 radical (unpaired) electrons. The van der Waals surface area contributed by atoms with Crippen LogP contribution in [0.25, 0.3) is 0 Å². The number of hydrogen-bond donors (Lipinski definition) is 0. The molecule has 2 aliphatic heterocycles. The third-order valence-electron chi connectivity index (χ3n) is 2.64. The predicted octanol–water partition coefficient (Wildman–Crippen LogP) is -0.353. The number of rotatable bonds is 3. The van der Waals surface area contributed by atoms with E-state index in [-0.39, 0.29) is 12.1 Å². The Morgan fingerprint density at radius 2 is 2.38 bits per heavy atom. The number of ether oxygens (including phenoxy) is 3. The van der Waals surface area contributed by atoms with Crippen LogP contribution in [0.3, 0.4) is 0 Å². The van der Waals surface area contributed by atoms with E-state index >= 15 is 0 Å². The molecule has 2 unspecified atom stereocenters. The van der Waals surface area contributed by atoms with Gasteiger partial charge in [0.2, 0.25) is 5.91 Å². The molecule has 16 heavy (non-hydrogen) atoms. The first-order chi connectivity index (χ1) is 7.69. The average Bonchev–Trinajstić information content (AvgIpc) is 2.57. The molecule has 0 aromatic carbocycles. The molecule has 6 nitrogen and oxygen atoms in total. The summed E-state index contributed by atoms with van der Waals surface area (Å²) in [5.41, 5.74) is 0. The SMILES string of the molecule is COC/C=C1\OC2CC(=O)N2C1C(=O)OC. The fourth-order valence-electron chi connectivity index (χ4n) is 1.84. The van der Waals surface area contributed by atoms with E-state index in [1.807, 2.05) is 0 Å². The van der Waals surface area contributed by atoms with Gasteiger partial charge in [0.1, 0.15) is 5.76 Å². The first-order valence-electron chi connectivity index (χ1n) is 4.93. The van der Waals surface area contributed by atoms with Crippen molar-refractivity contribution in [1.82, 2.24) is 4.90 Å². The van der Waals surface area contributed by atoms with Crippen molar-refractivity contribution in [1.29, 1.82) is 0 Å². The number of amides is 1. The second-order valence-electron chi connectivity index (χ2n) is 3.57. The van der Waals surface area contributed by atoms with Crippen LogP contribution in [0.4, 0.5) is 0 Å². The van der Waals surface area contributed by atoms with Gasteiger partial charge in [-0.05, 0) is 6.08 Å². The van der Waals surface area contributed by atoms with Crippen LogP contribution < -0.4 is 0 Å². The van der Waals surface area contributed by atoms with Crippen LogP contribution in [0.15, 0.2) is 11.8 Å². The zero-order valence-electron chi connectivity index (χ0n) is 9.13. The van der Waals surface area contributed by atoms with Gasteiger partial charge in [0.15, 0.2) is 12.3 Å². The fourth-order valence-corrected chi connectivity index (χ4v) is 1.84. The number of carbonyl (C=O) groups excluding carboxylic acids is 2. The van der Waals surface area contributed by atoms with Crippen molar-refractivity contribution < 1.29 is 23.8 Å². The third kappa shape index (κ3) is 1.55. The summed E-state index contributed by atoms with van der Waals surface area (Å²) in [6.45, 7) is 0.331. The van der Waals surface area contributed by atoms with Gasteiger partial charge in [0.05, 0.1) is 20.1 Å². The highest BCUT2D eigenvalue weighted by molar-refractivity contribution is 5.91. The van der Waals surface area contributed by atoms with Crippen molar-refractivity contribution in [2.24, 2.45) is 0 Å². The number of methoxy groups -OCH3 is 2. The van der Waals surface area contributed by atoms with Crippen LogP contribution in [0.1, 0.15) is 6.42 Å². The second kappa shape index (κ2) is 4.13. The molecule has 0 N–H and O–H groups in total. The maximum atomic E-state index is 11.5. The lowest BCUT2D eigenvalue weighted by atomic mass is 10.1. The molecule has 0 spiro atoms. The van der Waals surface area contributed by atoms with E-state index in [1.54, 1.807) is 13.2 Å². The molecule has 2 rings (SSSR count). The van der Waals surface area contributed by atoms with Crippen LogP contribution >= 0.6 is 0 Å². The highest BCUT2D eigenvalue weighted by Gasteiger charge is 2.53. The van der Waals surface area contributed by atoms with Crippen LogP contribution in [0, 0.1) is 0 Å². The smallest absolute Gasteiger partial charge is 0.336 e. The standard InChI is InChI=1S/C10H13NO5/c1-14-4-3-6-9(10(13)15-2)11-7(12)5-8(11)16-6/h3,8-9H,4-5H2,1-2H3/b6-3-. The summed E-state index contributed by atoms with van der Waals surface area (Å²) < 4.78 is 15.0. The van der Waals surface area contributed by atoms with E-state index < -0.39 is 12.0 Å². The first kappa shape index (κ1) is 10.9. The summed E-state index contributed by atoms with van der Waals surface area (Å²) in [4.78, 5) is 24.3. The molecule has 0 aliphatic carbocycles. The van der Waals surface area contributed by atoms with Gasteiger partial charge in [-0.25, -0.2) is 4.79 Å². The Hall–Kier alpha value is -1.56. The molecule has 0 bridgehead atoms. The quantitative estimate of drug-likeness (QED) is 0.487. The normalized spacial score (nSPS) is 29.8. The van der Waals surface area contributed by atoms with Gasteiger partial charge in [-0.1, -0.05) is 0 Å². The summed E-state index contributed by atoms with van der Waals surface area (Å²) in [7, 11) is 2.83. The van der Waals surface area contributed by atoms with Crippen LogP contribution in [0.2, 0.25) is 0 Å². The van der Waals surface area contributed by atoms with Gasteiger partial charge in [0, 0.05) is 7.11 Å². The van der Waals surface area contributed by atoms with E-state index in [0.29, 0.717) is 18.8 Å². The lowest BCUT2D eigenvalue weighted by molar-refractivity contribution is -0.164. The fraction of sp³-hybridized carbons (Fsp3) is 0.600. The number of β-lactam (4-membered cyclic amide) rings is 1. The summed E-state index contributed by atoms with van der Waals surface area (Å²) in [5.74, 6) is -0.149. The molecule has 2 heterocycles. The Morgan fingerprint density at radius 3 is 2.94 bits per heavy atom. The molecule has 0 aromatic heterocycles. The van der Waals surface area contributed by atoms with Gasteiger partial charge < -0.3 is 14.2 Å². The lowest BCUT2D eigenvalue weighted by Crippen LogP contribution is -2.55. The molecule has 2 saturated heterocycles. The zero-order valence-corrected chi connectivity index (χ0v) is 9.13. The van der Waals surface area contributed by atoms with Gasteiger partial charge >= 0.3 is 5.97 Å². The largest absolute Gasteiger partial charge is 0.472 e. The van der Waals surface area contributed by atoms with Crippen LogP contribution in [0.5, 0.6) is 0 Å². The minimum absolute atomic E-state index is 0.0961. The zero-order chi connectivity index (χ0) is 11.7. The maximum Gasteiger partial charge on any atom is 0.336 e. The minimum atomic E-state index is -0.744. The van der Waals surface area contributed by atoms with Crippen molar-refractivity contribution in [3.8, 4) is 0 Å². The van der Waals surface area contributed by atoms with Crippen molar-refractivity contribution >= 4 is 11.9 Å². The van der Waals surface area contributed by atoms with Gasteiger partial charge in [-0.15, -0.1) is 0 Å². The Kier molecular flexibility index (Phi) is 2.82. The van der Waals surface area contributed by atoms with E-state index in [2.05, 4.69) is 4.74 Å². The summed E-state index contributed by atoms with van der Waals surface area (Å²) in [6.07, 6.45) is 1.64. The van der Waals surface area contributed by atoms with Gasteiger partial charge in [-0.3, -0.25) is 9.69 Å². The van der Waals surface area contributed by atoms with Crippen LogP contribution in [-0.2, 0) is 23.8 Å². The van der Waals surface area contributed by atoms with E-state index in [9.17, 15) is 9.59 Å². The number of nitrogens with zero attached hydrogens (tertiary/aromatic N) is 1. The van der Waals surface area contributed by atoms with Crippen LogP contribution in [-0.4, -0.2) is 49.9 Å². The highest BCUT2D eigenvalue weighted by Crippen LogP contribution is 2.36. The second-order valence-corrected chi connectivity index (χ2v) is 3.57. The molecule has 2 fully saturated rings. The minimum Gasteiger partial charge on any atom is -0.472 e. The number of fused-ring (bicyclic) bond motifs is 1. The maximum absolute atomic E-state index is 11.5. The summed E-state index contributed by atoms with van der Waals surface area (Å²) in [5, 5.41) is 0. The molecule has 6 heteroatoms. The molecule has 1 amide bonds. The molecule has 0 saturated carbocycles. The monoisotopic (exact) mass is 227 g/mol. The topological polar surface area (TPSA) is 65.1 Å². The summed E-state index contributed by atoms with van der Waals surface area (Å²) >= 11 is 0. The number of esters is 1. The first-order valence-corrected chi connectivity index (χ1v) is 4.93. The van der Waals surface area contributed by atoms with Crippen molar-refractivity contribution in [3.05, 3.63) is 11.8 Å². The van der Waals surface area contributed by atoms with E-state index in [0.717, 1.165) is 0 Å². The van der Waals surface area contributed by atoms with Gasteiger partial charge in [0.25, 0.3) is 0 Å². The Labute approximate surface area is 92.7 Å². The molecular formula is C10H13NO5. The summed E-state index contributed by atoms with van der Waals surface area (Å²) in [6, 6.07) is -0.744. The van der Waals surface area contributed by atoms with E-state index in [4.69, 9.17) is 9.47 Å². The Balaban J connectivity index is 2.19. The third-order valence-corrected chi connectivity index (χ3v) is 2.64. The number of hydrogen-bond acceptors (Lipinski definition) is 5. The molecule has 2 aliphatic rings. The average molecular weight is 227 g/mol. The van der Waals surface area contributed by atoms with Crippen molar-refractivity contribution in [2.75, 3.05) is 20.8 Å². The lowest BCUT2D eigenvalue weighted by Gasteiger charge is -2.33. The molecular weight excluding hydrogens is 214 g/mol. The van der Waals surface area contributed by atoms with Gasteiger partial charge in [-0.2, -0.15) is 0 Å². The van der Waals surface area contributed by atoms with E-state index in [1.165, 1.54) is 12.0 Å². The molecule has 88 valence electrons.